The van der Waals surface area contributed by atoms with Gasteiger partial charge in [-0.1, -0.05) is 32.9 Å². The second-order valence-electron chi connectivity index (χ2n) is 6.90. The molecule has 1 aromatic carbocycles. The minimum Gasteiger partial charge on any atom is -0.378 e. The Labute approximate surface area is 142 Å². The van der Waals surface area contributed by atoms with Crippen LogP contribution in [0.25, 0.3) is 0 Å². The second-order valence-corrected chi connectivity index (χ2v) is 7.76. The predicted octanol–water partition coefficient (Wildman–Crippen LogP) is 4.08. The van der Waals surface area contributed by atoms with E-state index in [0.717, 1.165) is 17.8 Å². The Morgan fingerprint density at radius 3 is 2.39 bits per heavy atom. The van der Waals surface area contributed by atoms with Crippen LogP contribution in [-0.4, -0.2) is 25.0 Å². The smallest absolute Gasteiger partial charge is 0.226 e. The SMILES string of the molecule is CN(C)c1ccc(CCC(=O)Nc2nc(C(C)(C)C)cs2)cc1. The standard InChI is InChI=1S/C18H25N3OS/c1-18(2,3)15-12-23-17(19-15)20-16(22)11-8-13-6-9-14(10-7-13)21(4)5/h6-7,9-10,12H,8,11H2,1-5H3,(H,19,20,22). The predicted molar refractivity (Wildman–Crippen MR) is 98.5 cm³/mol. The maximum absolute atomic E-state index is 12.1. The third-order valence-electron chi connectivity index (χ3n) is 3.61. The Kier molecular flexibility index (Phi) is 5.42. The maximum Gasteiger partial charge on any atom is 0.226 e. The molecule has 0 bridgehead atoms. The van der Waals surface area contributed by atoms with Crippen molar-refractivity contribution in [1.29, 1.82) is 0 Å². The molecular formula is C18H25N3OS. The van der Waals surface area contributed by atoms with Crippen molar-refractivity contribution in [3.05, 3.63) is 40.9 Å². The molecule has 2 aromatic rings. The molecule has 23 heavy (non-hydrogen) atoms. The molecule has 5 heteroatoms. The van der Waals surface area contributed by atoms with E-state index in [4.69, 9.17) is 0 Å². The van der Waals surface area contributed by atoms with E-state index in [-0.39, 0.29) is 11.3 Å². The van der Waals surface area contributed by atoms with Crippen LogP contribution in [-0.2, 0) is 16.6 Å². The summed E-state index contributed by atoms with van der Waals surface area (Å²) in [5.41, 5.74) is 3.35. The first-order valence-electron chi connectivity index (χ1n) is 7.78. The van der Waals surface area contributed by atoms with E-state index >= 15 is 0 Å². The lowest BCUT2D eigenvalue weighted by molar-refractivity contribution is -0.116. The fourth-order valence-electron chi connectivity index (χ4n) is 2.08. The fourth-order valence-corrected chi connectivity index (χ4v) is 3.03. The lowest BCUT2D eigenvalue weighted by atomic mass is 9.93. The number of carbonyl (C=O) groups excluding carboxylic acids is 1. The summed E-state index contributed by atoms with van der Waals surface area (Å²) in [6.07, 6.45) is 1.20. The zero-order valence-electron chi connectivity index (χ0n) is 14.5. The lowest BCUT2D eigenvalue weighted by Crippen LogP contribution is -2.14. The molecule has 1 heterocycles. The van der Waals surface area contributed by atoms with Crippen LogP contribution in [0.2, 0.25) is 0 Å². The highest BCUT2D eigenvalue weighted by atomic mass is 32.1. The molecule has 0 aliphatic rings. The summed E-state index contributed by atoms with van der Waals surface area (Å²) in [5.74, 6) is 0.0106. The Morgan fingerprint density at radius 1 is 1.22 bits per heavy atom. The Morgan fingerprint density at radius 2 is 1.87 bits per heavy atom. The van der Waals surface area contributed by atoms with Crippen LogP contribution in [0, 0.1) is 0 Å². The van der Waals surface area contributed by atoms with Gasteiger partial charge in [-0.05, 0) is 24.1 Å². The monoisotopic (exact) mass is 331 g/mol. The number of thiazole rings is 1. The van der Waals surface area contributed by atoms with Crippen molar-refractivity contribution in [2.75, 3.05) is 24.3 Å². The molecular weight excluding hydrogens is 306 g/mol. The highest BCUT2D eigenvalue weighted by Crippen LogP contribution is 2.26. The Bertz CT molecular complexity index is 654. The lowest BCUT2D eigenvalue weighted by Gasteiger charge is -2.14. The average molecular weight is 331 g/mol. The van der Waals surface area contributed by atoms with Crippen LogP contribution >= 0.6 is 11.3 Å². The van der Waals surface area contributed by atoms with Gasteiger partial charge < -0.3 is 10.2 Å². The van der Waals surface area contributed by atoms with E-state index in [9.17, 15) is 4.79 Å². The van der Waals surface area contributed by atoms with Gasteiger partial charge >= 0.3 is 0 Å². The summed E-state index contributed by atoms with van der Waals surface area (Å²) in [7, 11) is 4.03. The van der Waals surface area contributed by atoms with Gasteiger partial charge in [-0.3, -0.25) is 4.79 Å². The van der Waals surface area contributed by atoms with E-state index in [2.05, 4.69) is 60.2 Å². The maximum atomic E-state index is 12.1. The first-order valence-corrected chi connectivity index (χ1v) is 8.66. The number of amides is 1. The van der Waals surface area contributed by atoms with E-state index in [1.54, 1.807) is 0 Å². The molecule has 1 amide bonds. The van der Waals surface area contributed by atoms with E-state index in [1.165, 1.54) is 16.9 Å². The number of nitrogens with zero attached hydrogens (tertiary/aromatic N) is 2. The Hall–Kier alpha value is -1.88. The van der Waals surface area contributed by atoms with Gasteiger partial charge in [-0.25, -0.2) is 4.98 Å². The summed E-state index contributed by atoms with van der Waals surface area (Å²) >= 11 is 1.48. The van der Waals surface area contributed by atoms with Crippen LogP contribution in [0.5, 0.6) is 0 Å². The minimum atomic E-state index is 0.00760. The molecule has 0 saturated carbocycles. The summed E-state index contributed by atoms with van der Waals surface area (Å²) in [5, 5.41) is 5.59. The molecule has 1 N–H and O–H groups in total. The fraction of sp³-hybridized carbons (Fsp3) is 0.444. The molecule has 0 unspecified atom stereocenters. The number of rotatable bonds is 5. The van der Waals surface area contributed by atoms with Crippen molar-refractivity contribution >= 4 is 28.1 Å². The van der Waals surface area contributed by atoms with E-state index < -0.39 is 0 Å². The van der Waals surface area contributed by atoms with Crippen molar-refractivity contribution in [3.63, 3.8) is 0 Å². The van der Waals surface area contributed by atoms with Gasteiger partial charge in [0.2, 0.25) is 5.91 Å². The molecule has 0 atom stereocenters. The van der Waals surface area contributed by atoms with Gasteiger partial charge in [0.1, 0.15) is 0 Å². The van der Waals surface area contributed by atoms with Gasteiger partial charge in [-0.15, -0.1) is 11.3 Å². The number of nitrogens with one attached hydrogen (secondary N) is 1. The van der Waals surface area contributed by atoms with Gasteiger partial charge in [0.05, 0.1) is 5.69 Å². The molecule has 2 rings (SSSR count). The summed E-state index contributed by atoms with van der Waals surface area (Å²) in [6.45, 7) is 6.35. The van der Waals surface area contributed by atoms with Crippen molar-refractivity contribution in [2.45, 2.75) is 39.0 Å². The number of hydrogen-bond acceptors (Lipinski definition) is 4. The van der Waals surface area contributed by atoms with E-state index in [0.29, 0.717) is 11.6 Å². The minimum absolute atomic E-state index is 0.00760. The zero-order valence-corrected chi connectivity index (χ0v) is 15.3. The van der Waals surface area contributed by atoms with Crippen molar-refractivity contribution in [3.8, 4) is 0 Å². The van der Waals surface area contributed by atoms with Gasteiger partial charge in [0, 0.05) is 37.0 Å². The zero-order chi connectivity index (χ0) is 17.0. The van der Waals surface area contributed by atoms with Crippen molar-refractivity contribution in [1.82, 2.24) is 4.98 Å². The molecule has 0 aliphatic carbocycles. The summed E-state index contributed by atoms with van der Waals surface area (Å²) < 4.78 is 0. The van der Waals surface area contributed by atoms with Crippen LogP contribution in [0.3, 0.4) is 0 Å². The molecule has 0 aliphatic heterocycles. The second kappa shape index (κ2) is 7.13. The van der Waals surface area contributed by atoms with Crippen LogP contribution < -0.4 is 10.2 Å². The number of aromatic nitrogens is 1. The third kappa shape index (κ3) is 5.06. The largest absolute Gasteiger partial charge is 0.378 e. The van der Waals surface area contributed by atoms with Crippen LogP contribution in [0.4, 0.5) is 10.8 Å². The van der Waals surface area contributed by atoms with Crippen molar-refractivity contribution < 1.29 is 4.79 Å². The normalized spacial score (nSPS) is 11.3. The third-order valence-corrected chi connectivity index (χ3v) is 4.37. The quantitative estimate of drug-likeness (QED) is 0.898. The Balaban J connectivity index is 1.86. The highest BCUT2D eigenvalue weighted by Gasteiger charge is 2.18. The summed E-state index contributed by atoms with van der Waals surface area (Å²) in [4.78, 5) is 18.6. The number of hydrogen-bond donors (Lipinski definition) is 1. The van der Waals surface area contributed by atoms with Crippen LogP contribution in [0.15, 0.2) is 29.6 Å². The van der Waals surface area contributed by atoms with Gasteiger partial charge in [0.25, 0.3) is 0 Å². The van der Waals surface area contributed by atoms with Crippen LogP contribution in [0.1, 0.15) is 38.4 Å². The molecule has 0 fully saturated rings. The molecule has 0 spiro atoms. The number of carbonyl (C=O) groups is 1. The van der Waals surface area contributed by atoms with Gasteiger partial charge in [0.15, 0.2) is 5.13 Å². The number of anilines is 2. The number of benzene rings is 1. The molecule has 0 radical (unpaired) electrons. The first-order chi connectivity index (χ1) is 10.8. The first kappa shape index (κ1) is 17.5. The van der Waals surface area contributed by atoms with Gasteiger partial charge in [-0.2, -0.15) is 0 Å². The molecule has 1 aromatic heterocycles. The molecule has 4 nitrogen and oxygen atoms in total. The number of aryl methyl sites for hydroxylation is 1. The molecule has 0 saturated heterocycles. The summed E-state index contributed by atoms with van der Waals surface area (Å²) in [6, 6.07) is 8.29. The van der Waals surface area contributed by atoms with E-state index in [1.807, 2.05) is 19.5 Å². The molecule has 124 valence electrons. The topological polar surface area (TPSA) is 45.2 Å². The highest BCUT2D eigenvalue weighted by molar-refractivity contribution is 7.13. The van der Waals surface area contributed by atoms with Crippen molar-refractivity contribution in [2.24, 2.45) is 0 Å². The average Bonchev–Trinajstić information content (AvgIpc) is 2.94.